The van der Waals surface area contributed by atoms with E-state index in [0.29, 0.717) is 54.5 Å². The molecule has 0 spiro atoms. The smallest absolute Gasteiger partial charge is 0.243 e. The number of nitrogens with one attached hydrogen (secondary N) is 1. The van der Waals surface area contributed by atoms with E-state index >= 15 is 0 Å². The van der Waals surface area contributed by atoms with Crippen molar-refractivity contribution in [2.75, 3.05) is 39.7 Å². The fourth-order valence-electron chi connectivity index (χ4n) is 4.30. The second kappa shape index (κ2) is 11.1. The van der Waals surface area contributed by atoms with E-state index in [1.165, 1.54) is 25.6 Å². The van der Waals surface area contributed by atoms with E-state index in [1.54, 1.807) is 35.0 Å². The molecule has 0 atom stereocenters. The largest absolute Gasteiger partial charge is 0.493 e. The van der Waals surface area contributed by atoms with Crippen molar-refractivity contribution >= 4 is 32.7 Å². The van der Waals surface area contributed by atoms with E-state index in [4.69, 9.17) is 14.2 Å². The molecule has 0 radical (unpaired) electrons. The van der Waals surface area contributed by atoms with Crippen molar-refractivity contribution in [1.29, 1.82) is 0 Å². The molecule has 0 unspecified atom stereocenters. The summed E-state index contributed by atoms with van der Waals surface area (Å²) in [4.78, 5) is 12.8. The molecule has 36 heavy (non-hydrogen) atoms. The summed E-state index contributed by atoms with van der Waals surface area (Å²) in [6.07, 6.45) is 3.58. The first kappa shape index (κ1) is 25.7. The molecule has 1 aliphatic rings. The molecule has 2 aromatic carbocycles. The Morgan fingerprint density at radius 1 is 1.00 bits per heavy atom. The van der Waals surface area contributed by atoms with Gasteiger partial charge in [0.15, 0.2) is 11.5 Å². The van der Waals surface area contributed by atoms with E-state index in [1.807, 2.05) is 0 Å². The monoisotopic (exact) mass is 517 g/mol. The molecule has 0 saturated carbocycles. The number of carbonyl (C=O) groups excluding carboxylic acids is 1. The molecule has 12 heteroatoms. The molecule has 1 aromatic heterocycles. The van der Waals surface area contributed by atoms with Gasteiger partial charge in [-0.1, -0.05) is 11.6 Å². The zero-order valence-electron chi connectivity index (χ0n) is 20.7. The number of hydrogen-bond acceptors (Lipinski definition) is 8. The number of nitrogens with zero attached hydrogens (tertiary/aromatic N) is 4. The lowest BCUT2D eigenvalue weighted by Crippen LogP contribution is -2.35. The number of amides is 1. The molecule has 194 valence electrons. The molecular weight excluding hydrogens is 486 g/mol. The van der Waals surface area contributed by atoms with Crippen LogP contribution in [0.5, 0.6) is 17.2 Å². The first-order valence-electron chi connectivity index (χ1n) is 11.8. The van der Waals surface area contributed by atoms with Crippen molar-refractivity contribution in [2.45, 2.75) is 43.5 Å². The third-order valence-electron chi connectivity index (χ3n) is 6.16. The van der Waals surface area contributed by atoms with Crippen LogP contribution in [-0.4, -0.2) is 68.0 Å². The number of hydrogen-bond donors (Lipinski definition) is 1. The van der Waals surface area contributed by atoms with Gasteiger partial charge in [-0.3, -0.25) is 4.79 Å². The van der Waals surface area contributed by atoms with Crippen LogP contribution in [0.25, 0.3) is 11.0 Å². The average Bonchev–Trinajstić information content (AvgIpc) is 3.30. The number of anilines is 1. The number of methoxy groups -OCH3 is 3. The lowest BCUT2D eigenvalue weighted by molar-refractivity contribution is -0.116. The highest BCUT2D eigenvalue weighted by Gasteiger charge is 2.26. The van der Waals surface area contributed by atoms with Gasteiger partial charge in [0.25, 0.3) is 0 Å². The average molecular weight is 518 g/mol. The number of ether oxygens (including phenoxy) is 3. The predicted molar refractivity (Wildman–Crippen MR) is 134 cm³/mol. The van der Waals surface area contributed by atoms with Crippen LogP contribution < -0.4 is 19.5 Å². The summed E-state index contributed by atoms with van der Waals surface area (Å²) >= 11 is 0. The first-order chi connectivity index (χ1) is 17.4. The third-order valence-corrected chi connectivity index (χ3v) is 8.06. The Hall–Kier alpha value is -3.38. The Morgan fingerprint density at radius 3 is 2.33 bits per heavy atom. The summed E-state index contributed by atoms with van der Waals surface area (Å²) in [6.45, 7) is 1.55. The minimum Gasteiger partial charge on any atom is -0.493 e. The van der Waals surface area contributed by atoms with E-state index in [0.717, 1.165) is 24.8 Å². The minimum atomic E-state index is -3.54. The lowest BCUT2D eigenvalue weighted by Gasteiger charge is -2.25. The van der Waals surface area contributed by atoms with Crippen LogP contribution in [0, 0.1) is 0 Å². The lowest BCUT2D eigenvalue weighted by atomic mass is 10.2. The maximum atomic E-state index is 13.0. The predicted octanol–water partition coefficient (Wildman–Crippen LogP) is 3.05. The summed E-state index contributed by atoms with van der Waals surface area (Å²) in [5, 5.41) is 11.1. The molecule has 1 fully saturated rings. The standard InChI is InChI=1S/C24H31N5O6S/c1-33-21-14-17(15-22(34-2)24(21)35-3)25-23(30)8-7-13-29-20-10-9-18(16-19(20)26-27-29)36(31,32)28-11-5-4-6-12-28/h9-10,14-16H,4-8,11-13H2,1-3H3,(H,25,30). The van der Waals surface area contributed by atoms with Gasteiger partial charge in [-0.05, 0) is 37.5 Å². The molecule has 1 aliphatic heterocycles. The normalized spacial score (nSPS) is 14.5. The minimum absolute atomic E-state index is 0.177. The van der Waals surface area contributed by atoms with Gasteiger partial charge in [-0.25, -0.2) is 13.1 Å². The van der Waals surface area contributed by atoms with Crippen LogP contribution in [0.4, 0.5) is 5.69 Å². The van der Waals surface area contributed by atoms with Crippen molar-refractivity contribution in [3.05, 3.63) is 30.3 Å². The highest BCUT2D eigenvalue weighted by Crippen LogP contribution is 2.40. The van der Waals surface area contributed by atoms with Gasteiger partial charge in [0.2, 0.25) is 21.7 Å². The highest BCUT2D eigenvalue weighted by atomic mass is 32.2. The summed E-state index contributed by atoms with van der Waals surface area (Å²) in [6, 6.07) is 8.23. The van der Waals surface area contributed by atoms with Crippen LogP contribution in [0.3, 0.4) is 0 Å². The fourth-order valence-corrected chi connectivity index (χ4v) is 5.84. The molecule has 1 amide bonds. The van der Waals surface area contributed by atoms with Gasteiger partial charge in [-0.2, -0.15) is 4.31 Å². The number of rotatable bonds is 10. The van der Waals surface area contributed by atoms with Crippen LogP contribution in [0.1, 0.15) is 32.1 Å². The van der Waals surface area contributed by atoms with Crippen LogP contribution >= 0.6 is 0 Å². The Labute approximate surface area is 210 Å². The van der Waals surface area contributed by atoms with Gasteiger partial charge in [0.05, 0.1) is 31.7 Å². The number of piperidine rings is 1. The first-order valence-corrected chi connectivity index (χ1v) is 13.2. The quantitative estimate of drug-likeness (QED) is 0.435. The zero-order chi connectivity index (χ0) is 25.7. The Morgan fingerprint density at radius 2 is 1.69 bits per heavy atom. The third kappa shape index (κ3) is 5.39. The van der Waals surface area contributed by atoms with Gasteiger partial charge >= 0.3 is 0 Å². The molecule has 2 heterocycles. The van der Waals surface area contributed by atoms with Crippen molar-refractivity contribution in [2.24, 2.45) is 0 Å². The van der Waals surface area contributed by atoms with E-state index in [-0.39, 0.29) is 17.2 Å². The second-order valence-corrected chi connectivity index (χ2v) is 10.4. The Kier molecular flexibility index (Phi) is 7.94. The van der Waals surface area contributed by atoms with E-state index in [9.17, 15) is 13.2 Å². The van der Waals surface area contributed by atoms with Crippen molar-refractivity contribution in [3.63, 3.8) is 0 Å². The van der Waals surface area contributed by atoms with Crippen LogP contribution in [-0.2, 0) is 21.4 Å². The second-order valence-electron chi connectivity index (χ2n) is 8.49. The number of aryl methyl sites for hydroxylation is 1. The van der Waals surface area contributed by atoms with Gasteiger partial charge in [0, 0.05) is 43.9 Å². The number of sulfonamides is 1. The summed E-state index contributed by atoms with van der Waals surface area (Å²) < 4.78 is 45.1. The molecule has 4 rings (SSSR count). The van der Waals surface area contributed by atoms with Crippen molar-refractivity contribution < 1.29 is 27.4 Å². The maximum Gasteiger partial charge on any atom is 0.243 e. The zero-order valence-corrected chi connectivity index (χ0v) is 21.5. The summed E-state index contributed by atoms with van der Waals surface area (Å²) in [5.41, 5.74) is 1.76. The van der Waals surface area contributed by atoms with E-state index in [2.05, 4.69) is 15.6 Å². The molecular formula is C24H31N5O6S. The molecule has 3 aromatic rings. The van der Waals surface area contributed by atoms with Gasteiger partial charge < -0.3 is 19.5 Å². The molecule has 0 bridgehead atoms. The molecule has 1 N–H and O–H groups in total. The Bertz CT molecular complexity index is 1310. The van der Waals surface area contributed by atoms with Gasteiger partial charge in [0.1, 0.15) is 5.52 Å². The van der Waals surface area contributed by atoms with Crippen molar-refractivity contribution in [3.8, 4) is 17.2 Å². The molecule has 11 nitrogen and oxygen atoms in total. The maximum absolute atomic E-state index is 13.0. The Balaban J connectivity index is 1.38. The number of aromatic nitrogens is 3. The van der Waals surface area contributed by atoms with Gasteiger partial charge in [-0.15, -0.1) is 5.10 Å². The fraction of sp³-hybridized carbons (Fsp3) is 0.458. The number of carbonyl (C=O) groups is 1. The summed E-state index contributed by atoms with van der Waals surface area (Å²) in [5.74, 6) is 1.16. The van der Waals surface area contributed by atoms with Crippen LogP contribution in [0.2, 0.25) is 0 Å². The summed E-state index contributed by atoms with van der Waals surface area (Å²) in [7, 11) is 0.998. The topological polar surface area (TPSA) is 125 Å². The van der Waals surface area contributed by atoms with E-state index < -0.39 is 10.0 Å². The highest BCUT2D eigenvalue weighted by molar-refractivity contribution is 7.89. The molecule has 0 aliphatic carbocycles. The van der Waals surface area contributed by atoms with Crippen molar-refractivity contribution in [1.82, 2.24) is 19.3 Å². The number of fused-ring (bicyclic) bond motifs is 1. The number of benzene rings is 2. The SMILES string of the molecule is COc1cc(NC(=O)CCCn2nnc3cc(S(=O)(=O)N4CCCCC4)ccc32)cc(OC)c1OC. The van der Waals surface area contributed by atoms with Crippen LogP contribution in [0.15, 0.2) is 35.2 Å². The molecule has 1 saturated heterocycles.